The summed E-state index contributed by atoms with van der Waals surface area (Å²) in [6.45, 7) is 8.02. The Hall–Kier alpha value is -0.590. The van der Waals surface area contributed by atoms with E-state index in [0.29, 0.717) is 10.4 Å². The molecule has 0 aromatic heterocycles. The van der Waals surface area contributed by atoms with Crippen molar-refractivity contribution in [2.24, 2.45) is 5.92 Å². The van der Waals surface area contributed by atoms with E-state index in [-0.39, 0.29) is 18.2 Å². The van der Waals surface area contributed by atoms with Crippen molar-refractivity contribution in [3.05, 3.63) is 33.8 Å². The van der Waals surface area contributed by atoms with Crippen molar-refractivity contribution >= 4 is 15.9 Å². The van der Waals surface area contributed by atoms with Crippen molar-refractivity contribution < 1.29 is 13.2 Å². The van der Waals surface area contributed by atoms with Crippen LogP contribution in [0.1, 0.15) is 31.9 Å². The van der Waals surface area contributed by atoms with Gasteiger partial charge in [-0.05, 0) is 37.1 Å². The molecule has 2 N–H and O–H groups in total. The molecule has 0 bridgehead atoms. The fraction of sp³-hybridized carbons (Fsp3) is 0.600. The average molecular weight is 367 g/mol. The lowest BCUT2D eigenvalue weighted by Gasteiger charge is -2.18. The van der Waals surface area contributed by atoms with E-state index < -0.39 is 11.7 Å². The summed E-state index contributed by atoms with van der Waals surface area (Å²) in [4.78, 5) is 0. The Bertz CT molecular complexity index is 447. The molecule has 0 saturated heterocycles. The Labute approximate surface area is 132 Å². The van der Waals surface area contributed by atoms with Crippen LogP contribution < -0.4 is 10.6 Å². The van der Waals surface area contributed by atoms with E-state index in [9.17, 15) is 13.2 Å². The molecule has 21 heavy (non-hydrogen) atoms. The number of nitrogens with one attached hydrogen (secondary N) is 2. The molecular weight excluding hydrogens is 345 g/mol. The predicted molar refractivity (Wildman–Crippen MR) is 83.2 cm³/mol. The fourth-order valence-electron chi connectivity index (χ4n) is 1.91. The van der Waals surface area contributed by atoms with E-state index in [1.807, 2.05) is 6.92 Å². The Balaban J connectivity index is 2.59. The van der Waals surface area contributed by atoms with Gasteiger partial charge in [0.15, 0.2) is 0 Å². The molecule has 120 valence electrons. The van der Waals surface area contributed by atoms with Crippen LogP contribution >= 0.6 is 15.9 Å². The van der Waals surface area contributed by atoms with E-state index in [0.717, 1.165) is 19.2 Å². The van der Waals surface area contributed by atoms with E-state index in [2.05, 4.69) is 40.4 Å². The standard InChI is InChI=1S/C15H22BrF3N2/c1-10(2)7-20-8-11(3)21-9-12-4-5-13(16)6-14(12)15(17,18)19/h4-6,10-11,20-21H,7-9H2,1-3H3. The fourth-order valence-corrected chi connectivity index (χ4v) is 2.27. The van der Waals surface area contributed by atoms with Crippen molar-refractivity contribution in [1.82, 2.24) is 10.6 Å². The monoisotopic (exact) mass is 366 g/mol. The summed E-state index contributed by atoms with van der Waals surface area (Å²) in [5.74, 6) is 0.556. The Kier molecular flexibility index (Phi) is 7.16. The summed E-state index contributed by atoms with van der Waals surface area (Å²) >= 11 is 3.09. The highest BCUT2D eigenvalue weighted by atomic mass is 79.9. The van der Waals surface area contributed by atoms with Crippen LogP contribution in [0.3, 0.4) is 0 Å². The van der Waals surface area contributed by atoms with Gasteiger partial charge in [-0.2, -0.15) is 13.2 Å². The van der Waals surface area contributed by atoms with Gasteiger partial charge in [-0.1, -0.05) is 35.8 Å². The van der Waals surface area contributed by atoms with E-state index in [1.54, 1.807) is 6.07 Å². The Morgan fingerprint density at radius 3 is 2.38 bits per heavy atom. The maximum atomic E-state index is 13.0. The third-order valence-corrected chi connectivity index (χ3v) is 3.51. The van der Waals surface area contributed by atoms with Gasteiger partial charge >= 0.3 is 6.18 Å². The van der Waals surface area contributed by atoms with Gasteiger partial charge in [-0.3, -0.25) is 0 Å². The van der Waals surface area contributed by atoms with Gasteiger partial charge in [-0.25, -0.2) is 0 Å². The molecule has 0 saturated carbocycles. The van der Waals surface area contributed by atoms with Crippen LogP contribution in [-0.2, 0) is 12.7 Å². The zero-order valence-corrected chi connectivity index (χ0v) is 14.1. The maximum absolute atomic E-state index is 13.0. The van der Waals surface area contributed by atoms with Crippen LogP contribution in [-0.4, -0.2) is 19.1 Å². The molecule has 2 nitrogen and oxygen atoms in total. The van der Waals surface area contributed by atoms with Crippen LogP contribution in [0.15, 0.2) is 22.7 Å². The van der Waals surface area contributed by atoms with Gasteiger partial charge in [0.2, 0.25) is 0 Å². The molecule has 0 amide bonds. The number of hydrogen-bond donors (Lipinski definition) is 2. The summed E-state index contributed by atoms with van der Waals surface area (Å²) in [6.07, 6.45) is -4.33. The lowest BCUT2D eigenvalue weighted by Crippen LogP contribution is -2.37. The first-order valence-electron chi connectivity index (χ1n) is 7.00. The minimum absolute atomic E-state index is 0.105. The van der Waals surface area contributed by atoms with E-state index in [4.69, 9.17) is 0 Å². The number of hydrogen-bond acceptors (Lipinski definition) is 2. The van der Waals surface area contributed by atoms with Gasteiger partial charge in [0.05, 0.1) is 5.56 Å². The normalized spacial score (nSPS) is 13.7. The molecule has 0 spiro atoms. The molecule has 1 unspecified atom stereocenters. The zero-order valence-electron chi connectivity index (χ0n) is 12.5. The highest BCUT2D eigenvalue weighted by molar-refractivity contribution is 9.10. The minimum Gasteiger partial charge on any atom is -0.315 e. The second-order valence-corrected chi connectivity index (χ2v) is 6.55. The zero-order chi connectivity index (χ0) is 16.0. The molecule has 0 aliphatic heterocycles. The average Bonchev–Trinajstić information content (AvgIpc) is 2.35. The van der Waals surface area contributed by atoms with Crippen molar-refractivity contribution in [3.63, 3.8) is 0 Å². The molecule has 6 heteroatoms. The van der Waals surface area contributed by atoms with Gasteiger partial charge in [-0.15, -0.1) is 0 Å². The molecule has 1 aromatic rings. The molecule has 0 aliphatic rings. The third-order valence-electron chi connectivity index (χ3n) is 3.02. The number of benzene rings is 1. The smallest absolute Gasteiger partial charge is 0.315 e. The summed E-state index contributed by atoms with van der Waals surface area (Å²) in [5, 5.41) is 6.41. The summed E-state index contributed by atoms with van der Waals surface area (Å²) in [6, 6.07) is 4.37. The predicted octanol–water partition coefficient (Wildman–Crippen LogP) is 4.19. The third kappa shape index (κ3) is 6.80. The van der Waals surface area contributed by atoms with Crippen molar-refractivity contribution in [1.29, 1.82) is 0 Å². The lowest BCUT2D eigenvalue weighted by atomic mass is 10.1. The summed E-state index contributed by atoms with van der Waals surface area (Å²) in [7, 11) is 0. The molecule has 0 radical (unpaired) electrons. The first-order valence-corrected chi connectivity index (χ1v) is 7.79. The highest BCUT2D eigenvalue weighted by Crippen LogP contribution is 2.33. The molecule has 0 aliphatic carbocycles. The van der Waals surface area contributed by atoms with Crippen molar-refractivity contribution in [2.45, 2.75) is 39.5 Å². The second kappa shape index (κ2) is 8.15. The quantitative estimate of drug-likeness (QED) is 0.755. The van der Waals surface area contributed by atoms with Gasteiger partial charge in [0.25, 0.3) is 0 Å². The van der Waals surface area contributed by atoms with E-state index >= 15 is 0 Å². The first-order chi connectivity index (χ1) is 9.70. The van der Waals surface area contributed by atoms with Gasteiger partial charge in [0.1, 0.15) is 0 Å². The van der Waals surface area contributed by atoms with Gasteiger partial charge in [0, 0.05) is 23.6 Å². The van der Waals surface area contributed by atoms with Crippen LogP contribution in [0.2, 0.25) is 0 Å². The van der Waals surface area contributed by atoms with Crippen LogP contribution in [0.25, 0.3) is 0 Å². The number of halogens is 4. The van der Waals surface area contributed by atoms with Crippen LogP contribution in [0.5, 0.6) is 0 Å². The van der Waals surface area contributed by atoms with Crippen LogP contribution in [0.4, 0.5) is 13.2 Å². The SMILES string of the molecule is CC(C)CNCC(C)NCc1ccc(Br)cc1C(F)(F)F. The topological polar surface area (TPSA) is 24.1 Å². The molecule has 0 heterocycles. The molecule has 0 fully saturated rings. The number of rotatable bonds is 7. The maximum Gasteiger partial charge on any atom is 0.416 e. The lowest BCUT2D eigenvalue weighted by molar-refractivity contribution is -0.138. The minimum atomic E-state index is -4.33. The Morgan fingerprint density at radius 1 is 1.14 bits per heavy atom. The van der Waals surface area contributed by atoms with Gasteiger partial charge < -0.3 is 10.6 Å². The molecule has 1 atom stereocenters. The van der Waals surface area contributed by atoms with E-state index in [1.165, 1.54) is 6.07 Å². The first kappa shape index (κ1) is 18.5. The second-order valence-electron chi connectivity index (χ2n) is 5.63. The number of alkyl halides is 3. The molecule has 1 rings (SSSR count). The Morgan fingerprint density at radius 2 is 1.81 bits per heavy atom. The van der Waals surface area contributed by atoms with Crippen LogP contribution in [0, 0.1) is 5.92 Å². The summed E-state index contributed by atoms with van der Waals surface area (Å²) < 4.78 is 39.4. The highest BCUT2D eigenvalue weighted by Gasteiger charge is 2.33. The summed E-state index contributed by atoms with van der Waals surface area (Å²) in [5.41, 5.74) is -0.326. The van der Waals surface area contributed by atoms with Crippen molar-refractivity contribution in [3.8, 4) is 0 Å². The van der Waals surface area contributed by atoms with Crippen molar-refractivity contribution in [2.75, 3.05) is 13.1 Å². The largest absolute Gasteiger partial charge is 0.416 e. The molecule has 1 aromatic carbocycles. The molecular formula is C15H22BrF3N2.